The van der Waals surface area contributed by atoms with E-state index >= 15 is 0 Å². The number of carbonyl (C=O) groups excluding carboxylic acids is 3. The van der Waals surface area contributed by atoms with Gasteiger partial charge in [-0.05, 0) is 12.1 Å². The SMILES string of the molecule is CC(=O)N(C(=O)NCC=O)c1ccccc1. The first-order chi connectivity index (χ1) is 7.66. The summed E-state index contributed by atoms with van der Waals surface area (Å²) in [5.41, 5.74) is 0.471. The number of anilines is 1. The molecule has 84 valence electrons. The highest BCUT2D eigenvalue weighted by atomic mass is 16.2. The van der Waals surface area contributed by atoms with E-state index in [1.165, 1.54) is 6.92 Å². The summed E-state index contributed by atoms with van der Waals surface area (Å²) in [6, 6.07) is 7.90. The lowest BCUT2D eigenvalue weighted by Gasteiger charge is -2.18. The third kappa shape index (κ3) is 2.91. The van der Waals surface area contributed by atoms with Gasteiger partial charge in [-0.2, -0.15) is 0 Å². The van der Waals surface area contributed by atoms with E-state index in [1.807, 2.05) is 0 Å². The van der Waals surface area contributed by atoms with Crippen LogP contribution >= 0.6 is 0 Å². The van der Waals surface area contributed by atoms with E-state index < -0.39 is 11.9 Å². The van der Waals surface area contributed by atoms with Gasteiger partial charge in [-0.25, -0.2) is 9.69 Å². The maximum absolute atomic E-state index is 11.6. The standard InChI is InChI=1S/C11H12N2O3/c1-9(15)13(11(16)12-7-8-14)10-5-3-2-4-6-10/h2-6,8H,7H2,1H3,(H,12,16). The average molecular weight is 220 g/mol. The number of nitrogens with one attached hydrogen (secondary N) is 1. The van der Waals surface area contributed by atoms with E-state index in [2.05, 4.69) is 5.32 Å². The van der Waals surface area contributed by atoms with Crippen LogP contribution in [0.3, 0.4) is 0 Å². The summed E-state index contributed by atoms with van der Waals surface area (Å²) in [5.74, 6) is -0.408. The van der Waals surface area contributed by atoms with Gasteiger partial charge in [0.05, 0.1) is 12.2 Å². The van der Waals surface area contributed by atoms with Crippen molar-refractivity contribution in [3.8, 4) is 0 Å². The van der Waals surface area contributed by atoms with E-state index in [-0.39, 0.29) is 6.54 Å². The predicted molar refractivity (Wildman–Crippen MR) is 59.1 cm³/mol. The molecule has 0 atom stereocenters. The molecule has 5 heteroatoms. The third-order valence-electron chi connectivity index (χ3n) is 1.87. The monoisotopic (exact) mass is 220 g/mol. The van der Waals surface area contributed by atoms with Crippen LogP contribution in [0.25, 0.3) is 0 Å². The fraction of sp³-hybridized carbons (Fsp3) is 0.182. The van der Waals surface area contributed by atoms with Crippen LogP contribution in [0.15, 0.2) is 30.3 Å². The Morgan fingerprint density at radius 2 is 1.94 bits per heavy atom. The van der Waals surface area contributed by atoms with Crippen LogP contribution < -0.4 is 10.2 Å². The number of rotatable bonds is 3. The van der Waals surface area contributed by atoms with E-state index in [4.69, 9.17) is 0 Å². The number of nitrogens with zero attached hydrogens (tertiary/aromatic N) is 1. The highest BCUT2D eigenvalue weighted by Crippen LogP contribution is 2.13. The fourth-order valence-corrected chi connectivity index (χ4v) is 1.23. The average Bonchev–Trinajstić information content (AvgIpc) is 2.27. The lowest BCUT2D eigenvalue weighted by Crippen LogP contribution is -2.43. The molecular formula is C11H12N2O3. The van der Waals surface area contributed by atoms with Gasteiger partial charge < -0.3 is 10.1 Å². The van der Waals surface area contributed by atoms with Crippen LogP contribution in [0, 0.1) is 0 Å². The number of hydrogen-bond acceptors (Lipinski definition) is 3. The number of carbonyl (C=O) groups is 3. The van der Waals surface area contributed by atoms with Crippen molar-refractivity contribution >= 4 is 23.9 Å². The van der Waals surface area contributed by atoms with Gasteiger partial charge in [-0.1, -0.05) is 18.2 Å². The first kappa shape index (κ1) is 11.9. The topological polar surface area (TPSA) is 66.5 Å². The normalized spacial score (nSPS) is 9.31. The zero-order valence-electron chi connectivity index (χ0n) is 8.84. The minimum atomic E-state index is -0.606. The molecule has 1 N–H and O–H groups in total. The Morgan fingerprint density at radius 3 is 2.44 bits per heavy atom. The molecule has 0 aliphatic rings. The van der Waals surface area contributed by atoms with Crippen LogP contribution in [0.2, 0.25) is 0 Å². The zero-order valence-corrected chi connectivity index (χ0v) is 8.84. The summed E-state index contributed by atoms with van der Waals surface area (Å²) in [7, 11) is 0. The fourth-order valence-electron chi connectivity index (χ4n) is 1.23. The largest absolute Gasteiger partial charge is 0.331 e. The number of urea groups is 1. The predicted octanol–water partition coefficient (Wildman–Crippen LogP) is 0.948. The summed E-state index contributed by atoms with van der Waals surface area (Å²) in [6.07, 6.45) is 0.557. The Labute approximate surface area is 93.1 Å². The summed E-state index contributed by atoms with van der Waals surface area (Å²) >= 11 is 0. The lowest BCUT2D eigenvalue weighted by molar-refractivity contribution is -0.116. The molecule has 1 aromatic carbocycles. The molecule has 1 aromatic rings. The molecule has 0 fully saturated rings. The molecule has 16 heavy (non-hydrogen) atoms. The molecule has 0 unspecified atom stereocenters. The molecule has 0 aromatic heterocycles. The van der Waals surface area contributed by atoms with Gasteiger partial charge in [-0.15, -0.1) is 0 Å². The number of amides is 3. The van der Waals surface area contributed by atoms with Crippen molar-refractivity contribution in [2.24, 2.45) is 0 Å². The van der Waals surface area contributed by atoms with Crippen molar-refractivity contribution in [1.29, 1.82) is 0 Å². The zero-order chi connectivity index (χ0) is 12.0. The Hall–Kier alpha value is -2.17. The van der Waals surface area contributed by atoms with Gasteiger partial charge in [-0.3, -0.25) is 4.79 Å². The van der Waals surface area contributed by atoms with Gasteiger partial charge >= 0.3 is 6.03 Å². The minimum Gasteiger partial charge on any atom is -0.331 e. The maximum atomic E-state index is 11.6. The molecule has 0 aliphatic carbocycles. The van der Waals surface area contributed by atoms with Crippen molar-refractivity contribution in [2.75, 3.05) is 11.4 Å². The van der Waals surface area contributed by atoms with E-state index in [0.717, 1.165) is 4.90 Å². The molecule has 1 rings (SSSR count). The van der Waals surface area contributed by atoms with E-state index in [9.17, 15) is 14.4 Å². The van der Waals surface area contributed by atoms with Crippen LogP contribution in [0.1, 0.15) is 6.92 Å². The van der Waals surface area contributed by atoms with E-state index in [1.54, 1.807) is 30.3 Å². The first-order valence-electron chi connectivity index (χ1n) is 4.74. The van der Waals surface area contributed by atoms with Crippen molar-refractivity contribution in [1.82, 2.24) is 5.32 Å². The van der Waals surface area contributed by atoms with Gasteiger partial charge in [0.2, 0.25) is 5.91 Å². The lowest BCUT2D eigenvalue weighted by atomic mass is 10.3. The molecule has 0 saturated carbocycles. The number of hydrogen-bond donors (Lipinski definition) is 1. The quantitative estimate of drug-likeness (QED) is 0.771. The van der Waals surface area contributed by atoms with E-state index in [0.29, 0.717) is 12.0 Å². The van der Waals surface area contributed by atoms with Crippen molar-refractivity contribution in [2.45, 2.75) is 6.92 Å². The maximum Gasteiger partial charge on any atom is 0.329 e. The molecule has 0 saturated heterocycles. The summed E-state index contributed by atoms with van der Waals surface area (Å²) in [6.45, 7) is 1.17. The second-order valence-corrected chi connectivity index (χ2v) is 3.04. The Morgan fingerprint density at radius 1 is 1.31 bits per heavy atom. The Bertz CT molecular complexity index is 389. The Balaban J connectivity index is 2.88. The van der Waals surface area contributed by atoms with Crippen molar-refractivity contribution in [3.05, 3.63) is 30.3 Å². The number of imide groups is 1. The summed E-state index contributed by atoms with van der Waals surface area (Å²) in [5, 5.41) is 2.31. The van der Waals surface area contributed by atoms with Crippen molar-refractivity contribution in [3.63, 3.8) is 0 Å². The van der Waals surface area contributed by atoms with Gasteiger partial charge in [0, 0.05) is 6.92 Å². The number of aldehydes is 1. The number of benzene rings is 1. The second kappa shape index (κ2) is 5.65. The van der Waals surface area contributed by atoms with Crippen LogP contribution in [-0.2, 0) is 9.59 Å². The van der Waals surface area contributed by atoms with Crippen LogP contribution in [0.4, 0.5) is 10.5 Å². The molecule has 0 radical (unpaired) electrons. The smallest absolute Gasteiger partial charge is 0.329 e. The molecule has 5 nitrogen and oxygen atoms in total. The molecule has 0 bridgehead atoms. The third-order valence-corrected chi connectivity index (χ3v) is 1.87. The second-order valence-electron chi connectivity index (χ2n) is 3.04. The molecule has 0 heterocycles. The molecular weight excluding hydrogens is 208 g/mol. The summed E-state index contributed by atoms with van der Waals surface area (Å²) in [4.78, 5) is 34.0. The van der Waals surface area contributed by atoms with Crippen LogP contribution in [0.5, 0.6) is 0 Å². The first-order valence-corrected chi connectivity index (χ1v) is 4.74. The molecule has 0 spiro atoms. The van der Waals surface area contributed by atoms with Crippen LogP contribution in [-0.4, -0.2) is 24.8 Å². The highest BCUT2D eigenvalue weighted by Gasteiger charge is 2.18. The molecule has 3 amide bonds. The highest BCUT2D eigenvalue weighted by molar-refractivity contribution is 6.13. The van der Waals surface area contributed by atoms with Gasteiger partial charge in [0.1, 0.15) is 6.29 Å². The number of para-hydroxylation sites is 1. The Kier molecular flexibility index (Phi) is 4.20. The molecule has 0 aliphatic heterocycles. The van der Waals surface area contributed by atoms with Gasteiger partial charge in [0.25, 0.3) is 0 Å². The summed E-state index contributed by atoms with van der Waals surface area (Å²) < 4.78 is 0. The van der Waals surface area contributed by atoms with Crippen molar-refractivity contribution < 1.29 is 14.4 Å². The van der Waals surface area contributed by atoms with Gasteiger partial charge in [0.15, 0.2) is 0 Å². The minimum absolute atomic E-state index is 0.116.